The summed E-state index contributed by atoms with van der Waals surface area (Å²) < 4.78 is 6.48. The predicted octanol–water partition coefficient (Wildman–Crippen LogP) is 3.83. The molecule has 3 rings (SSSR count). The summed E-state index contributed by atoms with van der Waals surface area (Å²) in [5.74, 6) is 1.44. The highest BCUT2D eigenvalue weighted by Crippen LogP contribution is 2.46. The van der Waals surface area contributed by atoms with Crippen LogP contribution in [0.5, 0.6) is 0 Å². The zero-order valence-corrected chi connectivity index (χ0v) is 12.0. The minimum Gasteiger partial charge on any atom is -0.396 e. The van der Waals surface area contributed by atoms with Crippen molar-refractivity contribution in [3.63, 3.8) is 0 Å². The minimum atomic E-state index is 0.326. The van der Waals surface area contributed by atoms with E-state index < -0.39 is 0 Å². The van der Waals surface area contributed by atoms with Crippen LogP contribution in [0, 0.1) is 11.8 Å². The molecule has 1 saturated carbocycles. The second kappa shape index (κ2) is 6.41. The fourth-order valence-corrected chi connectivity index (χ4v) is 4.44. The van der Waals surface area contributed by atoms with Gasteiger partial charge in [0.1, 0.15) is 0 Å². The fourth-order valence-electron chi connectivity index (χ4n) is 4.44. The summed E-state index contributed by atoms with van der Waals surface area (Å²) in [7, 11) is 0. The van der Waals surface area contributed by atoms with Crippen LogP contribution in [0.4, 0.5) is 0 Å². The lowest BCUT2D eigenvalue weighted by molar-refractivity contribution is -0.107. The first-order valence-electron chi connectivity index (χ1n) is 8.36. The normalized spacial score (nSPS) is 38.3. The van der Waals surface area contributed by atoms with Gasteiger partial charge in [-0.2, -0.15) is 0 Å². The zero-order valence-electron chi connectivity index (χ0n) is 12.0. The molecule has 2 fully saturated rings. The van der Waals surface area contributed by atoms with E-state index in [-0.39, 0.29) is 0 Å². The maximum Gasteiger partial charge on any atom is 0.0644 e. The first-order chi connectivity index (χ1) is 9.40. The van der Waals surface area contributed by atoms with Gasteiger partial charge in [0.15, 0.2) is 0 Å². The molecule has 0 unspecified atom stereocenters. The molecule has 3 aliphatic rings. The largest absolute Gasteiger partial charge is 0.396 e. The Bertz CT molecular complexity index is 323. The van der Waals surface area contributed by atoms with Crippen LogP contribution in [-0.4, -0.2) is 23.9 Å². The Kier molecular flexibility index (Phi) is 4.60. The highest BCUT2D eigenvalue weighted by atomic mass is 16.5. The topological polar surface area (TPSA) is 29.5 Å². The van der Waals surface area contributed by atoms with E-state index in [9.17, 15) is 0 Å². The summed E-state index contributed by atoms with van der Waals surface area (Å²) in [6.07, 6.45) is 16.0. The third kappa shape index (κ3) is 2.90. The summed E-state index contributed by atoms with van der Waals surface area (Å²) >= 11 is 0. The van der Waals surface area contributed by atoms with Crippen LogP contribution in [0.3, 0.4) is 0 Å². The van der Waals surface area contributed by atoms with Gasteiger partial charge in [0.25, 0.3) is 0 Å². The van der Waals surface area contributed by atoms with Crippen LogP contribution in [0.25, 0.3) is 0 Å². The first-order valence-corrected chi connectivity index (χ1v) is 8.36. The van der Waals surface area contributed by atoms with Gasteiger partial charge in [-0.1, -0.05) is 24.5 Å². The Morgan fingerprint density at radius 1 is 1.05 bits per heavy atom. The third-order valence-corrected chi connectivity index (χ3v) is 5.35. The third-order valence-electron chi connectivity index (χ3n) is 5.35. The average molecular weight is 264 g/mol. The molecule has 0 amide bonds. The van der Waals surface area contributed by atoms with E-state index >= 15 is 0 Å². The van der Waals surface area contributed by atoms with E-state index in [1.165, 1.54) is 44.9 Å². The predicted molar refractivity (Wildman–Crippen MR) is 77.0 cm³/mol. The van der Waals surface area contributed by atoms with Crippen LogP contribution in [0.15, 0.2) is 11.6 Å². The van der Waals surface area contributed by atoms with Gasteiger partial charge in [-0.25, -0.2) is 0 Å². The van der Waals surface area contributed by atoms with Gasteiger partial charge in [-0.3, -0.25) is 0 Å². The number of fused-ring (bicyclic) bond motifs is 3. The summed E-state index contributed by atoms with van der Waals surface area (Å²) in [6.45, 7) is 0.326. The Morgan fingerprint density at radius 3 is 2.79 bits per heavy atom. The lowest BCUT2D eigenvalue weighted by atomic mass is 9.68. The summed E-state index contributed by atoms with van der Waals surface area (Å²) in [5.41, 5.74) is 1.76. The molecule has 0 aromatic heterocycles. The second-order valence-corrected chi connectivity index (χ2v) is 6.56. The number of aliphatic hydroxyl groups is 1. The number of ether oxygens (including phenoxy) is 1. The van der Waals surface area contributed by atoms with E-state index in [0.29, 0.717) is 24.7 Å². The van der Waals surface area contributed by atoms with Crippen molar-refractivity contribution in [2.24, 2.45) is 11.8 Å². The molecule has 108 valence electrons. The molecule has 2 nitrogen and oxygen atoms in total. The SMILES string of the molecule is OCCCC[C@H]1O[C@@H]2CCCC[C@@H]2C2=CCCC[C@@H]21. The molecule has 0 bridgehead atoms. The number of unbranched alkanes of at least 4 members (excludes halogenated alkanes) is 1. The van der Waals surface area contributed by atoms with E-state index in [2.05, 4.69) is 6.08 Å². The lowest BCUT2D eigenvalue weighted by Gasteiger charge is -2.47. The number of allylic oxidation sites excluding steroid dienone is 1. The highest BCUT2D eigenvalue weighted by Gasteiger charge is 2.42. The molecule has 1 saturated heterocycles. The van der Waals surface area contributed by atoms with Gasteiger partial charge in [0.05, 0.1) is 12.2 Å². The molecule has 1 aliphatic heterocycles. The molecular formula is C17H28O2. The number of hydrogen-bond acceptors (Lipinski definition) is 2. The summed E-state index contributed by atoms with van der Waals surface area (Å²) in [4.78, 5) is 0. The standard InChI is InChI=1S/C17H28O2/c18-12-6-5-11-17-14-8-2-1-7-13(14)15-9-3-4-10-16(15)19-17/h7,14-18H,1-6,8-12H2/t14-,15+,16+,17+/m0/s1. The smallest absolute Gasteiger partial charge is 0.0644 e. The zero-order chi connectivity index (χ0) is 13.1. The van der Waals surface area contributed by atoms with Crippen molar-refractivity contribution < 1.29 is 9.84 Å². The maximum atomic E-state index is 8.96. The van der Waals surface area contributed by atoms with E-state index in [1.54, 1.807) is 5.57 Å². The Hall–Kier alpha value is -0.340. The van der Waals surface area contributed by atoms with Crippen LogP contribution >= 0.6 is 0 Å². The van der Waals surface area contributed by atoms with E-state index in [4.69, 9.17) is 9.84 Å². The molecule has 2 heteroatoms. The Balaban J connectivity index is 1.71. The molecular weight excluding hydrogens is 236 g/mol. The Labute approximate surface area is 117 Å². The number of rotatable bonds is 4. The molecule has 0 aromatic rings. The van der Waals surface area contributed by atoms with Crippen molar-refractivity contribution >= 4 is 0 Å². The van der Waals surface area contributed by atoms with Crippen molar-refractivity contribution in [2.45, 2.75) is 76.4 Å². The van der Waals surface area contributed by atoms with Crippen LogP contribution < -0.4 is 0 Å². The quantitative estimate of drug-likeness (QED) is 0.617. The van der Waals surface area contributed by atoms with Gasteiger partial charge < -0.3 is 9.84 Å². The van der Waals surface area contributed by atoms with Crippen LogP contribution in [0.1, 0.15) is 64.2 Å². The summed E-state index contributed by atoms with van der Waals surface area (Å²) in [6, 6.07) is 0. The molecule has 19 heavy (non-hydrogen) atoms. The molecule has 0 radical (unpaired) electrons. The average Bonchev–Trinajstić information content (AvgIpc) is 2.47. The van der Waals surface area contributed by atoms with Gasteiger partial charge in [0, 0.05) is 18.4 Å². The van der Waals surface area contributed by atoms with Gasteiger partial charge in [-0.05, 0) is 51.4 Å². The molecule has 0 aromatic carbocycles. The molecule has 1 N–H and O–H groups in total. The number of hydrogen-bond donors (Lipinski definition) is 1. The van der Waals surface area contributed by atoms with Gasteiger partial charge >= 0.3 is 0 Å². The van der Waals surface area contributed by atoms with Crippen LogP contribution in [-0.2, 0) is 4.74 Å². The van der Waals surface area contributed by atoms with Crippen LogP contribution in [0.2, 0.25) is 0 Å². The molecule has 0 spiro atoms. The minimum absolute atomic E-state index is 0.326. The highest BCUT2D eigenvalue weighted by molar-refractivity contribution is 5.20. The Morgan fingerprint density at radius 2 is 1.89 bits per heavy atom. The molecule has 1 heterocycles. The number of aliphatic hydroxyl groups excluding tert-OH is 1. The lowest BCUT2D eigenvalue weighted by Crippen LogP contribution is -2.45. The maximum absolute atomic E-state index is 8.96. The van der Waals surface area contributed by atoms with E-state index in [1.807, 2.05) is 0 Å². The van der Waals surface area contributed by atoms with Crippen molar-refractivity contribution in [1.29, 1.82) is 0 Å². The van der Waals surface area contributed by atoms with Gasteiger partial charge in [-0.15, -0.1) is 0 Å². The van der Waals surface area contributed by atoms with Crippen molar-refractivity contribution in [3.8, 4) is 0 Å². The van der Waals surface area contributed by atoms with Crippen molar-refractivity contribution in [3.05, 3.63) is 11.6 Å². The summed E-state index contributed by atoms with van der Waals surface area (Å²) in [5, 5.41) is 8.96. The fraction of sp³-hybridized carbons (Fsp3) is 0.882. The van der Waals surface area contributed by atoms with Gasteiger partial charge in [0.2, 0.25) is 0 Å². The van der Waals surface area contributed by atoms with E-state index in [0.717, 1.165) is 25.2 Å². The second-order valence-electron chi connectivity index (χ2n) is 6.56. The molecule has 2 aliphatic carbocycles. The molecule has 4 atom stereocenters. The monoisotopic (exact) mass is 264 g/mol. The van der Waals surface area contributed by atoms with Crippen molar-refractivity contribution in [2.75, 3.05) is 6.61 Å². The van der Waals surface area contributed by atoms with Crippen molar-refractivity contribution in [1.82, 2.24) is 0 Å². The first kappa shape index (κ1) is 13.6.